The lowest BCUT2D eigenvalue weighted by Crippen LogP contribution is -2.54. The van der Waals surface area contributed by atoms with Crippen molar-refractivity contribution in [2.45, 2.75) is 38.8 Å². The van der Waals surface area contributed by atoms with Gasteiger partial charge in [0.05, 0.1) is 25.2 Å². The average Bonchev–Trinajstić information content (AvgIpc) is 2.97. The van der Waals surface area contributed by atoms with E-state index in [1.165, 1.54) is 12.0 Å². The van der Waals surface area contributed by atoms with Gasteiger partial charge in [0.2, 0.25) is 11.8 Å². The Balaban J connectivity index is 1.32. The predicted octanol–water partition coefficient (Wildman–Crippen LogP) is 5.60. The Hall–Kier alpha value is -3.67. The maximum absolute atomic E-state index is 11.7. The van der Waals surface area contributed by atoms with Crippen LogP contribution in [0, 0.1) is 5.92 Å². The van der Waals surface area contributed by atoms with E-state index in [1.807, 2.05) is 36.1 Å². The van der Waals surface area contributed by atoms with Crippen LogP contribution in [0.4, 0.5) is 10.7 Å². The molecule has 0 aliphatic carbocycles. The molecule has 0 radical (unpaired) electrons. The lowest BCUT2D eigenvalue weighted by atomic mass is 9.93. The number of amides is 1. The van der Waals surface area contributed by atoms with Crippen LogP contribution in [0.15, 0.2) is 42.7 Å². The number of carbonyl (C=O) groups excluding carboxylic acids is 1. The highest BCUT2D eigenvalue weighted by Crippen LogP contribution is 2.31. The Morgan fingerprint density at radius 3 is 2.33 bits per heavy atom. The normalized spacial score (nSPS) is 18.0. The molecule has 0 unspecified atom stereocenters. The molecule has 1 amide bonds. The van der Waals surface area contributed by atoms with Gasteiger partial charge in [0, 0.05) is 60.3 Å². The Labute approximate surface area is 260 Å². The summed E-state index contributed by atoms with van der Waals surface area (Å²) in [5.74, 6) is 1.48. The monoisotopic (exact) mass is 628 g/mol. The number of anilines is 1. The molecule has 4 heterocycles. The summed E-state index contributed by atoms with van der Waals surface area (Å²) < 4.78 is 11.0. The third-order valence-electron chi connectivity index (χ3n) is 7.81. The van der Waals surface area contributed by atoms with Crippen molar-refractivity contribution in [1.82, 2.24) is 24.8 Å². The number of benzene rings is 1. The van der Waals surface area contributed by atoms with Gasteiger partial charge in [0.25, 0.3) is 0 Å². The second kappa shape index (κ2) is 13.7. The third kappa shape index (κ3) is 8.04. The summed E-state index contributed by atoms with van der Waals surface area (Å²) in [4.78, 5) is 42.5. The number of aromatic nitrogens is 3. The van der Waals surface area contributed by atoms with E-state index in [2.05, 4.69) is 14.9 Å². The number of piperazine rings is 1. The first kappa shape index (κ1) is 30.8. The number of nitrogens with zero attached hydrogens (tertiary/aromatic N) is 6. The highest BCUT2D eigenvalue weighted by Gasteiger charge is 2.28. The van der Waals surface area contributed by atoms with Crippen LogP contribution in [0.5, 0.6) is 11.6 Å². The fraction of sp³-hybridized carbons (Fsp3) is 0.433. The molecule has 2 saturated heterocycles. The van der Waals surface area contributed by atoms with Gasteiger partial charge in [-0.1, -0.05) is 23.2 Å². The van der Waals surface area contributed by atoms with E-state index in [0.29, 0.717) is 71.8 Å². The summed E-state index contributed by atoms with van der Waals surface area (Å²) in [5, 5.41) is 10.4. The Bertz CT molecular complexity index is 1430. The topological polar surface area (TPSA) is 121 Å². The fourth-order valence-corrected chi connectivity index (χ4v) is 6.07. The van der Waals surface area contributed by atoms with Gasteiger partial charge < -0.3 is 24.4 Å². The lowest BCUT2D eigenvalue weighted by Gasteiger charge is -2.38. The average molecular weight is 630 g/mol. The Morgan fingerprint density at radius 2 is 1.70 bits per heavy atom. The first-order valence-electron chi connectivity index (χ1n) is 14.2. The minimum atomic E-state index is -0.922. The van der Waals surface area contributed by atoms with E-state index >= 15 is 0 Å². The maximum atomic E-state index is 11.7. The molecule has 13 heteroatoms. The quantitative estimate of drug-likeness (QED) is 0.315. The van der Waals surface area contributed by atoms with Gasteiger partial charge in [-0.15, -0.1) is 0 Å². The molecule has 2 aromatic heterocycles. The predicted molar refractivity (Wildman–Crippen MR) is 163 cm³/mol. The highest BCUT2D eigenvalue weighted by molar-refractivity contribution is 6.35. The number of ether oxygens (including phenoxy) is 2. The van der Waals surface area contributed by atoms with Gasteiger partial charge in [-0.05, 0) is 68.6 Å². The molecular formula is C30H34Cl2N6O5. The number of rotatable bonds is 8. The molecule has 2 fully saturated rings. The van der Waals surface area contributed by atoms with Gasteiger partial charge in [-0.2, -0.15) is 0 Å². The molecule has 1 atom stereocenters. The van der Waals surface area contributed by atoms with Crippen LogP contribution in [0.25, 0.3) is 11.3 Å². The molecule has 1 N–H and O–H groups in total. The molecule has 228 valence electrons. The number of likely N-dealkylation sites (tertiary alicyclic amines) is 1. The molecule has 0 spiro atoms. The summed E-state index contributed by atoms with van der Waals surface area (Å²) in [5.41, 5.74) is 2.44. The number of methoxy groups -OCH3 is 1. The van der Waals surface area contributed by atoms with Gasteiger partial charge in [-0.3, -0.25) is 9.69 Å². The molecule has 2 aliphatic heterocycles. The van der Waals surface area contributed by atoms with Crippen LogP contribution in [-0.4, -0.2) is 87.8 Å². The largest absolute Gasteiger partial charge is 0.469 e. The number of pyridine rings is 1. The maximum Gasteiger partial charge on any atom is 0.407 e. The first-order valence-corrected chi connectivity index (χ1v) is 14.9. The summed E-state index contributed by atoms with van der Waals surface area (Å²) in [7, 11) is 1.43. The zero-order valence-electron chi connectivity index (χ0n) is 24.1. The van der Waals surface area contributed by atoms with E-state index < -0.39 is 6.09 Å². The van der Waals surface area contributed by atoms with Crippen molar-refractivity contribution in [2.24, 2.45) is 5.92 Å². The first-order chi connectivity index (χ1) is 20.7. The molecule has 0 saturated carbocycles. The van der Waals surface area contributed by atoms with E-state index in [1.54, 1.807) is 18.5 Å². The second-order valence-electron chi connectivity index (χ2n) is 10.9. The van der Waals surface area contributed by atoms with Gasteiger partial charge in [-0.25, -0.2) is 19.7 Å². The van der Waals surface area contributed by atoms with Crippen LogP contribution < -0.4 is 9.64 Å². The summed E-state index contributed by atoms with van der Waals surface area (Å²) in [6, 6.07) is 9.03. The van der Waals surface area contributed by atoms with E-state index in [4.69, 9.17) is 37.7 Å². The molecule has 3 aromatic rings. The van der Waals surface area contributed by atoms with Crippen LogP contribution >= 0.6 is 23.2 Å². The third-order valence-corrected chi connectivity index (χ3v) is 8.25. The van der Waals surface area contributed by atoms with Crippen molar-refractivity contribution in [3.05, 3.63) is 58.3 Å². The molecule has 11 nitrogen and oxygen atoms in total. The molecule has 5 rings (SSSR count). The Kier molecular flexibility index (Phi) is 9.84. The van der Waals surface area contributed by atoms with Crippen LogP contribution in [0.2, 0.25) is 10.0 Å². The Morgan fingerprint density at radius 1 is 1.00 bits per heavy atom. The van der Waals surface area contributed by atoms with E-state index in [-0.39, 0.29) is 12.0 Å². The molecule has 1 aromatic carbocycles. The number of hydrogen-bond donors (Lipinski definition) is 1. The fourth-order valence-electron chi connectivity index (χ4n) is 5.55. The van der Waals surface area contributed by atoms with Crippen molar-refractivity contribution in [3.8, 4) is 22.9 Å². The minimum Gasteiger partial charge on any atom is -0.469 e. The van der Waals surface area contributed by atoms with Crippen LogP contribution in [0.3, 0.4) is 0 Å². The summed E-state index contributed by atoms with van der Waals surface area (Å²) in [6.07, 6.45) is 4.56. The zero-order valence-corrected chi connectivity index (χ0v) is 25.6. The number of hydrogen-bond acceptors (Lipinski definition) is 9. The van der Waals surface area contributed by atoms with Gasteiger partial charge >= 0.3 is 12.1 Å². The van der Waals surface area contributed by atoms with Crippen molar-refractivity contribution in [2.75, 3.05) is 44.7 Å². The number of esters is 1. The van der Waals surface area contributed by atoms with Crippen LogP contribution in [0.1, 0.15) is 31.7 Å². The van der Waals surface area contributed by atoms with Crippen molar-refractivity contribution >= 4 is 41.2 Å². The number of piperidine rings is 1. The van der Waals surface area contributed by atoms with Crippen molar-refractivity contribution < 1.29 is 24.2 Å². The smallest absolute Gasteiger partial charge is 0.407 e. The SMILES string of the molecule is COC(=O)CC1CCN(Cc2cc(Oc3cnc(N4CCN(C(=O)O)[C@@H](C)C4)nc3)nc(-c3cc(Cl)cc(Cl)c3)c2)CC1. The van der Waals surface area contributed by atoms with Crippen molar-refractivity contribution in [1.29, 1.82) is 0 Å². The molecule has 0 bridgehead atoms. The standard InChI is InChI=1S/C30H34Cl2N6O5/c1-19-17-37(7-8-38(19)30(40)41)29-33-15-25(16-34-29)43-27-10-21(9-26(35-27)22-12-23(31)14-24(32)13-22)18-36-5-3-20(4-6-36)11-28(39)42-2/h9-10,12-16,19-20H,3-8,11,17-18H2,1-2H3,(H,40,41)/t19-/m0/s1. The second-order valence-corrected chi connectivity index (χ2v) is 11.8. The van der Waals surface area contributed by atoms with E-state index in [0.717, 1.165) is 37.1 Å². The number of halogens is 2. The van der Waals surface area contributed by atoms with Gasteiger partial charge in [0.1, 0.15) is 0 Å². The summed E-state index contributed by atoms with van der Waals surface area (Å²) in [6.45, 7) is 5.68. The van der Waals surface area contributed by atoms with E-state index in [9.17, 15) is 14.7 Å². The molecular weight excluding hydrogens is 595 g/mol. The van der Waals surface area contributed by atoms with Crippen molar-refractivity contribution in [3.63, 3.8) is 0 Å². The number of carbonyl (C=O) groups is 2. The minimum absolute atomic E-state index is 0.161. The lowest BCUT2D eigenvalue weighted by molar-refractivity contribution is -0.142. The highest BCUT2D eigenvalue weighted by atomic mass is 35.5. The van der Waals surface area contributed by atoms with Gasteiger partial charge in [0.15, 0.2) is 5.75 Å². The molecule has 43 heavy (non-hydrogen) atoms. The summed E-state index contributed by atoms with van der Waals surface area (Å²) >= 11 is 12.6. The van der Waals surface area contributed by atoms with Crippen LogP contribution in [-0.2, 0) is 16.1 Å². The zero-order chi connectivity index (χ0) is 30.5. The number of carboxylic acid groups (broad SMARTS) is 1. The molecule has 2 aliphatic rings.